The second-order valence-electron chi connectivity index (χ2n) is 6.21. The van der Waals surface area contributed by atoms with Crippen LogP contribution in [0.15, 0.2) is 35.2 Å². The second-order valence-corrected chi connectivity index (χ2v) is 7.52. The van der Waals surface area contributed by atoms with E-state index in [0.29, 0.717) is 10.6 Å². The van der Waals surface area contributed by atoms with E-state index < -0.39 is 10.1 Å². The smallest absolute Gasteiger partial charge is 0.744 e. The van der Waals surface area contributed by atoms with Crippen LogP contribution >= 0.6 is 0 Å². The molecule has 0 N–H and O–H groups in total. The Kier molecular flexibility index (Phi) is 7.05. The van der Waals surface area contributed by atoms with Crippen molar-refractivity contribution in [2.75, 3.05) is 0 Å². The van der Waals surface area contributed by atoms with Crippen LogP contribution < -0.4 is 40.0 Å². The molecule has 2 aromatic rings. The normalized spacial score (nSPS) is 13.9. The molecule has 0 aliphatic heterocycles. The van der Waals surface area contributed by atoms with Gasteiger partial charge in [0.25, 0.3) is 0 Å². The van der Waals surface area contributed by atoms with Crippen LogP contribution in [-0.4, -0.2) is 13.0 Å². The molecule has 3 nitrogen and oxygen atoms in total. The zero-order valence-corrected chi connectivity index (χ0v) is 17.1. The third-order valence-electron chi connectivity index (χ3n) is 3.33. The molecular formula is C18H21NaO3S. The molecule has 118 valence electrons. The van der Waals surface area contributed by atoms with Gasteiger partial charge in [0.15, 0.2) is 0 Å². The Morgan fingerprint density at radius 3 is 2.09 bits per heavy atom. The van der Waals surface area contributed by atoms with Gasteiger partial charge in [-0.25, -0.2) is 8.42 Å². The van der Waals surface area contributed by atoms with Gasteiger partial charge in [0.05, 0.1) is 4.90 Å². The molecule has 0 radical (unpaired) electrons. The number of benzene rings is 2. The topological polar surface area (TPSA) is 57.2 Å². The quantitative estimate of drug-likeness (QED) is 0.565. The summed E-state index contributed by atoms with van der Waals surface area (Å²) in [4.78, 5) is -0.105. The van der Waals surface area contributed by atoms with Gasteiger partial charge in [0, 0.05) is 0 Å². The van der Waals surface area contributed by atoms with E-state index in [2.05, 4.69) is 0 Å². The van der Waals surface area contributed by atoms with E-state index in [1.54, 1.807) is 12.1 Å². The monoisotopic (exact) mass is 340 g/mol. The molecule has 0 aliphatic carbocycles. The van der Waals surface area contributed by atoms with Gasteiger partial charge < -0.3 is 4.55 Å². The molecule has 5 heteroatoms. The van der Waals surface area contributed by atoms with E-state index in [1.165, 1.54) is 0 Å². The Morgan fingerprint density at radius 2 is 1.57 bits per heavy atom. The fourth-order valence-corrected chi connectivity index (χ4v) is 3.53. The average Bonchev–Trinajstić information content (AvgIpc) is 2.36. The first kappa shape index (κ1) is 20.4. The molecule has 0 aliphatic rings. The van der Waals surface area contributed by atoms with E-state index in [-0.39, 0.29) is 46.3 Å². The first-order chi connectivity index (χ1) is 10.2. The minimum Gasteiger partial charge on any atom is -0.744 e. The number of hydrogen-bond acceptors (Lipinski definition) is 3. The van der Waals surface area contributed by atoms with Crippen molar-refractivity contribution in [1.82, 2.24) is 0 Å². The fraction of sp³-hybridized carbons (Fsp3) is 0.333. The van der Waals surface area contributed by atoms with Crippen LogP contribution in [0.1, 0.15) is 27.7 Å². The standard InChI is InChI=1S/C18H22O3S.Na/c1-12(2)9-15-11-14-7-5-6-8-16(14)18(22(19,20)21)17(15)10-13(3)4;/h5-13H,1-4H3,(H,19,20,21);/q;+1/p-1. The molecular weight excluding hydrogens is 319 g/mol. The Hall–Kier alpha value is -0.650. The second kappa shape index (κ2) is 7.95. The molecule has 0 heterocycles. The first-order valence-corrected chi connectivity index (χ1v) is 8.82. The molecule has 23 heavy (non-hydrogen) atoms. The molecule has 0 bridgehead atoms. The van der Waals surface area contributed by atoms with Gasteiger partial charge in [-0.2, -0.15) is 0 Å². The molecule has 0 amide bonds. The maximum atomic E-state index is 11.9. The van der Waals surface area contributed by atoms with Crippen molar-refractivity contribution in [3.63, 3.8) is 0 Å². The van der Waals surface area contributed by atoms with Crippen LogP contribution in [0, 0.1) is 11.8 Å². The summed E-state index contributed by atoms with van der Waals surface area (Å²) >= 11 is 0. The van der Waals surface area contributed by atoms with Gasteiger partial charge in [-0.15, -0.1) is 0 Å². The largest absolute Gasteiger partial charge is 1.00 e. The Morgan fingerprint density at radius 1 is 1.00 bits per heavy atom. The zero-order valence-electron chi connectivity index (χ0n) is 14.3. The number of rotatable bonds is 3. The molecule has 0 saturated carbocycles. The number of hydrogen-bond donors (Lipinski definition) is 0. The third-order valence-corrected chi connectivity index (χ3v) is 4.27. The van der Waals surface area contributed by atoms with Crippen molar-refractivity contribution in [3.05, 3.63) is 40.8 Å². The zero-order chi connectivity index (χ0) is 16.5. The SMILES string of the molecule is CC(C)C=c1cc2ccccc2c(S(=O)(=O)[O-])c1=CC(C)C.[Na+]. The predicted molar refractivity (Wildman–Crippen MR) is 89.8 cm³/mol. The van der Waals surface area contributed by atoms with Crippen LogP contribution in [0.25, 0.3) is 22.9 Å². The van der Waals surface area contributed by atoms with Gasteiger partial charge in [-0.1, -0.05) is 64.1 Å². The maximum absolute atomic E-state index is 11.9. The Bertz CT molecular complexity index is 913. The summed E-state index contributed by atoms with van der Waals surface area (Å²) in [6.07, 6.45) is 3.85. The first-order valence-electron chi connectivity index (χ1n) is 7.41. The molecule has 2 rings (SSSR count). The minimum absolute atomic E-state index is 0. The summed E-state index contributed by atoms with van der Waals surface area (Å²) < 4.78 is 35.7. The number of fused-ring (bicyclic) bond motifs is 1. The van der Waals surface area contributed by atoms with Crippen LogP contribution in [0.5, 0.6) is 0 Å². The van der Waals surface area contributed by atoms with Gasteiger partial charge in [-0.05, 0) is 39.1 Å². The molecule has 2 aromatic carbocycles. The average molecular weight is 340 g/mol. The van der Waals surface area contributed by atoms with Crippen LogP contribution in [-0.2, 0) is 10.1 Å². The summed E-state index contributed by atoms with van der Waals surface area (Å²) in [5.41, 5.74) is 0. The van der Waals surface area contributed by atoms with Crippen molar-refractivity contribution in [1.29, 1.82) is 0 Å². The van der Waals surface area contributed by atoms with E-state index in [9.17, 15) is 13.0 Å². The molecule has 0 aromatic heterocycles. The summed E-state index contributed by atoms with van der Waals surface area (Å²) in [5.74, 6) is 0.392. The van der Waals surface area contributed by atoms with E-state index in [0.717, 1.165) is 10.6 Å². The predicted octanol–water partition coefficient (Wildman–Crippen LogP) is -0.379. The third kappa shape index (κ3) is 4.91. The van der Waals surface area contributed by atoms with Gasteiger partial charge in [0.2, 0.25) is 0 Å². The van der Waals surface area contributed by atoms with Crippen molar-refractivity contribution >= 4 is 33.0 Å². The van der Waals surface area contributed by atoms with Crippen molar-refractivity contribution in [2.24, 2.45) is 11.8 Å². The van der Waals surface area contributed by atoms with Crippen molar-refractivity contribution in [3.8, 4) is 0 Å². The van der Waals surface area contributed by atoms with Crippen molar-refractivity contribution in [2.45, 2.75) is 32.6 Å². The van der Waals surface area contributed by atoms with E-state index in [4.69, 9.17) is 0 Å². The van der Waals surface area contributed by atoms with Crippen LogP contribution in [0.4, 0.5) is 0 Å². The summed E-state index contributed by atoms with van der Waals surface area (Å²) in [5, 5.41) is 2.59. The Labute approximate surface area is 160 Å². The van der Waals surface area contributed by atoms with Gasteiger partial charge >= 0.3 is 29.6 Å². The fourth-order valence-electron chi connectivity index (χ4n) is 2.62. The van der Waals surface area contributed by atoms with Gasteiger partial charge in [-0.3, -0.25) is 0 Å². The van der Waals surface area contributed by atoms with Crippen LogP contribution in [0.2, 0.25) is 0 Å². The van der Waals surface area contributed by atoms with Gasteiger partial charge in [0.1, 0.15) is 10.1 Å². The Balaban J connectivity index is 0.00000264. The van der Waals surface area contributed by atoms with E-state index >= 15 is 0 Å². The van der Waals surface area contributed by atoms with E-state index in [1.807, 2.05) is 58.0 Å². The van der Waals surface area contributed by atoms with Crippen LogP contribution in [0.3, 0.4) is 0 Å². The summed E-state index contributed by atoms with van der Waals surface area (Å²) in [6.45, 7) is 7.99. The molecule has 0 unspecified atom stereocenters. The molecule has 0 spiro atoms. The molecule has 0 atom stereocenters. The summed E-state index contributed by atoms with van der Waals surface area (Å²) in [6, 6.07) is 9.08. The minimum atomic E-state index is -4.57. The summed E-state index contributed by atoms with van der Waals surface area (Å²) in [7, 11) is -4.57. The van der Waals surface area contributed by atoms with Crippen molar-refractivity contribution < 1.29 is 42.5 Å². The maximum Gasteiger partial charge on any atom is 1.00 e. The molecule has 0 saturated heterocycles. The molecule has 0 fully saturated rings.